The molecule has 2 aromatic carbocycles. The number of hydrogen-bond donors (Lipinski definition) is 1. The molecule has 3 fully saturated rings. The van der Waals surface area contributed by atoms with E-state index < -0.39 is 0 Å². The van der Waals surface area contributed by atoms with Gasteiger partial charge in [0.1, 0.15) is 5.69 Å². The van der Waals surface area contributed by atoms with Gasteiger partial charge in [-0.2, -0.15) is 0 Å². The zero-order chi connectivity index (χ0) is 27.5. The fourth-order valence-electron chi connectivity index (χ4n) is 7.87. The highest BCUT2D eigenvalue weighted by molar-refractivity contribution is 6.01. The Bertz CT molecular complexity index is 1270. The van der Waals surface area contributed by atoms with E-state index in [4.69, 9.17) is 0 Å². The molecule has 0 bridgehead atoms. The number of benzene rings is 2. The van der Waals surface area contributed by atoms with Gasteiger partial charge in [0.25, 0.3) is 5.91 Å². The number of para-hydroxylation sites is 1. The van der Waals surface area contributed by atoms with Crippen LogP contribution in [-0.4, -0.2) is 70.9 Å². The van der Waals surface area contributed by atoms with E-state index in [1.807, 2.05) is 0 Å². The Labute approximate surface area is 240 Å². The van der Waals surface area contributed by atoms with Gasteiger partial charge in [0.15, 0.2) is 0 Å². The lowest BCUT2D eigenvalue weighted by Crippen LogP contribution is -2.52. The van der Waals surface area contributed by atoms with Crippen molar-refractivity contribution in [3.8, 4) is 0 Å². The zero-order valence-corrected chi connectivity index (χ0v) is 24.8. The van der Waals surface area contributed by atoms with Crippen LogP contribution in [0, 0.1) is 13.8 Å². The molecule has 1 N–H and O–H groups in total. The fraction of sp³-hybridized carbons (Fsp3) is 0.571. The molecule has 1 aliphatic carbocycles. The van der Waals surface area contributed by atoms with Crippen molar-refractivity contribution < 1.29 is 4.79 Å². The third kappa shape index (κ3) is 5.87. The molecule has 3 aliphatic rings. The zero-order valence-electron chi connectivity index (χ0n) is 24.8. The number of aryl methyl sites for hydroxylation is 2. The van der Waals surface area contributed by atoms with Gasteiger partial charge >= 0.3 is 0 Å². The fourth-order valence-corrected chi connectivity index (χ4v) is 7.87. The van der Waals surface area contributed by atoms with E-state index in [2.05, 4.69) is 76.0 Å². The molecule has 5 heteroatoms. The lowest BCUT2D eigenvalue weighted by Gasteiger charge is -2.40. The van der Waals surface area contributed by atoms with Gasteiger partial charge in [-0.15, -0.1) is 0 Å². The number of carbonyl (C=O) groups excluding carboxylic acids is 1. The van der Waals surface area contributed by atoms with Crippen molar-refractivity contribution >= 4 is 16.8 Å². The van der Waals surface area contributed by atoms with E-state index in [0.29, 0.717) is 12.0 Å². The number of nitrogens with zero attached hydrogens (tertiary/aromatic N) is 3. The lowest BCUT2D eigenvalue weighted by atomic mass is 9.84. The number of amides is 1. The summed E-state index contributed by atoms with van der Waals surface area (Å²) in [4.78, 5) is 24.9. The lowest BCUT2D eigenvalue weighted by molar-refractivity contribution is 0.0531. The maximum Gasteiger partial charge on any atom is 0.270 e. The monoisotopic (exact) mass is 540 g/mol. The molecule has 2 aliphatic heterocycles. The molecule has 40 heavy (non-hydrogen) atoms. The molecule has 3 aromatic rings. The molecular formula is C35H48N4O. The SMILES string of the molecule is Cc1cccc(C)c1C1CCN(Cc2c(C(=O)N3CCN(C4CCCCCCC4)CC3)[nH]c3ccccc23)CC1. The Morgan fingerprint density at radius 1 is 0.775 bits per heavy atom. The summed E-state index contributed by atoms with van der Waals surface area (Å²) < 4.78 is 0. The Morgan fingerprint density at radius 2 is 1.43 bits per heavy atom. The Balaban J connectivity index is 1.13. The number of H-pyrrole nitrogens is 1. The first-order chi connectivity index (χ1) is 19.6. The Kier molecular flexibility index (Phi) is 8.59. The average molecular weight is 541 g/mol. The maximum absolute atomic E-state index is 14.0. The molecule has 1 aromatic heterocycles. The molecule has 3 heterocycles. The van der Waals surface area contributed by atoms with Crippen LogP contribution in [0.5, 0.6) is 0 Å². The molecule has 6 rings (SSSR count). The van der Waals surface area contributed by atoms with Crippen LogP contribution in [0.15, 0.2) is 42.5 Å². The van der Waals surface area contributed by atoms with Crippen molar-refractivity contribution in [2.45, 2.75) is 90.1 Å². The van der Waals surface area contributed by atoms with Gasteiger partial charge in [-0.05, 0) is 81.3 Å². The molecule has 1 amide bonds. The summed E-state index contributed by atoms with van der Waals surface area (Å²) in [6.45, 7) is 11.2. The Hall–Kier alpha value is -2.63. The summed E-state index contributed by atoms with van der Waals surface area (Å²) in [5.74, 6) is 0.824. The third-order valence-electron chi connectivity index (χ3n) is 10.1. The van der Waals surface area contributed by atoms with Crippen LogP contribution in [-0.2, 0) is 6.54 Å². The van der Waals surface area contributed by atoms with Crippen molar-refractivity contribution in [3.63, 3.8) is 0 Å². The van der Waals surface area contributed by atoms with Gasteiger partial charge in [0.2, 0.25) is 0 Å². The Morgan fingerprint density at radius 3 is 2.12 bits per heavy atom. The van der Waals surface area contributed by atoms with Gasteiger partial charge in [0, 0.05) is 55.2 Å². The van der Waals surface area contributed by atoms with Crippen LogP contribution in [0.1, 0.15) is 96.4 Å². The maximum atomic E-state index is 14.0. The van der Waals surface area contributed by atoms with Crippen LogP contribution in [0.2, 0.25) is 0 Å². The molecule has 5 nitrogen and oxygen atoms in total. The second-order valence-electron chi connectivity index (χ2n) is 12.7. The standard InChI is InChI=1S/C35H48N4O/c1-26-11-10-12-27(2)33(26)28-17-19-37(20-18-28)25-31-30-15-8-9-16-32(30)36-34(31)35(40)39-23-21-38(22-24-39)29-13-6-4-3-5-7-14-29/h8-12,15-16,28-29,36H,3-7,13-14,17-25H2,1-2H3. The summed E-state index contributed by atoms with van der Waals surface area (Å²) in [6.07, 6.45) is 11.9. The van der Waals surface area contributed by atoms with Crippen LogP contribution in [0.3, 0.4) is 0 Å². The van der Waals surface area contributed by atoms with E-state index in [9.17, 15) is 4.79 Å². The predicted molar refractivity (Wildman–Crippen MR) is 165 cm³/mol. The summed E-state index contributed by atoms with van der Waals surface area (Å²) in [6, 6.07) is 15.9. The largest absolute Gasteiger partial charge is 0.350 e. The first-order valence-corrected chi connectivity index (χ1v) is 16.0. The van der Waals surface area contributed by atoms with Gasteiger partial charge in [-0.3, -0.25) is 14.6 Å². The number of piperazine rings is 1. The number of piperidine rings is 1. The highest BCUT2D eigenvalue weighted by atomic mass is 16.2. The number of hydrogen-bond acceptors (Lipinski definition) is 3. The van der Waals surface area contributed by atoms with Crippen molar-refractivity contribution in [3.05, 3.63) is 70.4 Å². The second kappa shape index (κ2) is 12.5. The number of carbonyl (C=O) groups is 1. The summed E-state index contributed by atoms with van der Waals surface area (Å²) in [5, 5.41) is 1.20. The molecule has 1 saturated carbocycles. The predicted octanol–water partition coefficient (Wildman–Crippen LogP) is 7.04. The van der Waals surface area contributed by atoms with E-state index in [1.165, 1.54) is 79.9 Å². The molecular weight excluding hydrogens is 492 g/mol. The van der Waals surface area contributed by atoms with Gasteiger partial charge < -0.3 is 9.88 Å². The molecule has 0 unspecified atom stereocenters. The number of rotatable bonds is 5. The second-order valence-corrected chi connectivity index (χ2v) is 12.7. The molecule has 2 saturated heterocycles. The first-order valence-electron chi connectivity index (χ1n) is 16.0. The molecule has 0 atom stereocenters. The van der Waals surface area contributed by atoms with Crippen molar-refractivity contribution in [2.24, 2.45) is 0 Å². The van der Waals surface area contributed by atoms with Crippen molar-refractivity contribution in [1.29, 1.82) is 0 Å². The number of aromatic nitrogens is 1. The number of likely N-dealkylation sites (tertiary alicyclic amines) is 1. The van der Waals surface area contributed by atoms with Gasteiger partial charge in [-0.1, -0.05) is 68.5 Å². The number of nitrogens with one attached hydrogen (secondary N) is 1. The smallest absolute Gasteiger partial charge is 0.270 e. The average Bonchev–Trinajstić information content (AvgIpc) is 3.32. The van der Waals surface area contributed by atoms with E-state index >= 15 is 0 Å². The molecule has 214 valence electrons. The van der Waals surface area contributed by atoms with Crippen LogP contribution in [0.4, 0.5) is 0 Å². The van der Waals surface area contributed by atoms with E-state index in [-0.39, 0.29) is 5.91 Å². The van der Waals surface area contributed by atoms with Crippen molar-refractivity contribution in [1.82, 2.24) is 19.7 Å². The highest BCUT2D eigenvalue weighted by Gasteiger charge is 2.30. The van der Waals surface area contributed by atoms with E-state index in [0.717, 1.165) is 57.0 Å². The minimum Gasteiger partial charge on any atom is -0.350 e. The first kappa shape index (κ1) is 27.5. The molecule has 0 radical (unpaired) electrons. The van der Waals surface area contributed by atoms with E-state index in [1.54, 1.807) is 5.56 Å². The van der Waals surface area contributed by atoms with Crippen LogP contribution >= 0.6 is 0 Å². The normalized spacial score (nSPS) is 21.0. The highest BCUT2D eigenvalue weighted by Crippen LogP contribution is 2.34. The quantitative estimate of drug-likeness (QED) is 0.378. The summed E-state index contributed by atoms with van der Waals surface area (Å²) in [7, 11) is 0. The number of fused-ring (bicyclic) bond motifs is 1. The molecule has 0 spiro atoms. The van der Waals surface area contributed by atoms with Crippen molar-refractivity contribution in [2.75, 3.05) is 39.3 Å². The van der Waals surface area contributed by atoms with Crippen LogP contribution < -0.4 is 0 Å². The minimum absolute atomic E-state index is 0.189. The third-order valence-corrected chi connectivity index (χ3v) is 10.1. The van der Waals surface area contributed by atoms with Gasteiger partial charge in [0.05, 0.1) is 0 Å². The van der Waals surface area contributed by atoms with Gasteiger partial charge in [-0.25, -0.2) is 0 Å². The topological polar surface area (TPSA) is 42.6 Å². The minimum atomic E-state index is 0.189. The summed E-state index contributed by atoms with van der Waals surface area (Å²) in [5.41, 5.74) is 7.50. The summed E-state index contributed by atoms with van der Waals surface area (Å²) >= 11 is 0. The van der Waals surface area contributed by atoms with Crippen LogP contribution in [0.25, 0.3) is 10.9 Å². The number of aromatic amines is 1.